The van der Waals surface area contributed by atoms with Crippen LogP contribution in [0, 0.1) is 12.8 Å². The van der Waals surface area contributed by atoms with Gasteiger partial charge in [0.1, 0.15) is 17.8 Å². The van der Waals surface area contributed by atoms with E-state index in [1.54, 1.807) is 18.1 Å². The molecule has 11 nitrogen and oxygen atoms in total. The van der Waals surface area contributed by atoms with E-state index in [0.717, 1.165) is 36.1 Å². The average Bonchev–Trinajstić information content (AvgIpc) is 3.31. The number of benzene rings is 1. The Kier molecular flexibility index (Phi) is 8.65. The fraction of sp³-hybridized carbons (Fsp3) is 0.519. The highest BCUT2D eigenvalue weighted by molar-refractivity contribution is 5.95. The monoisotopic (exact) mass is 524 g/mol. The lowest BCUT2D eigenvalue weighted by Gasteiger charge is -2.34. The van der Waals surface area contributed by atoms with Crippen molar-refractivity contribution in [3.63, 3.8) is 0 Å². The van der Waals surface area contributed by atoms with Gasteiger partial charge in [-0.15, -0.1) is 0 Å². The van der Waals surface area contributed by atoms with Crippen molar-refractivity contribution in [2.45, 2.75) is 58.2 Å². The molecule has 0 aliphatic carbocycles. The normalized spacial score (nSPS) is 23.4. The zero-order valence-electron chi connectivity index (χ0n) is 22.2. The molecule has 204 valence electrons. The molecule has 11 heteroatoms. The molecular formula is C27H36N6O5. The molecule has 4 rings (SSSR count). The molecule has 0 spiro atoms. The lowest BCUT2D eigenvalue weighted by Crippen LogP contribution is -2.52. The quantitative estimate of drug-likeness (QED) is 0.539. The summed E-state index contributed by atoms with van der Waals surface area (Å²) >= 11 is 0. The van der Waals surface area contributed by atoms with E-state index in [2.05, 4.69) is 21.0 Å². The van der Waals surface area contributed by atoms with Crippen LogP contribution in [0.2, 0.25) is 0 Å². The second-order valence-corrected chi connectivity index (χ2v) is 10.1. The Bertz CT molecular complexity index is 1190. The smallest absolute Gasteiger partial charge is 0.247 e. The molecule has 1 aromatic heterocycles. The van der Waals surface area contributed by atoms with Gasteiger partial charge in [-0.3, -0.25) is 23.9 Å². The van der Waals surface area contributed by atoms with Crippen molar-refractivity contribution in [3.05, 3.63) is 47.3 Å². The first-order valence-corrected chi connectivity index (χ1v) is 13.0. The van der Waals surface area contributed by atoms with E-state index in [0.29, 0.717) is 31.2 Å². The zero-order chi connectivity index (χ0) is 27.2. The number of nitrogens with one attached hydrogen (secondary N) is 3. The van der Waals surface area contributed by atoms with Gasteiger partial charge in [-0.2, -0.15) is 5.10 Å². The Hall–Kier alpha value is -3.89. The van der Waals surface area contributed by atoms with E-state index in [4.69, 9.17) is 4.74 Å². The van der Waals surface area contributed by atoms with Gasteiger partial charge in [0, 0.05) is 45.4 Å². The molecule has 2 aliphatic rings. The van der Waals surface area contributed by atoms with Crippen molar-refractivity contribution in [1.29, 1.82) is 0 Å². The van der Waals surface area contributed by atoms with Crippen LogP contribution in [0.5, 0.6) is 5.75 Å². The van der Waals surface area contributed by atoms with Crippen LogP contribution >= 0.6 is 0 Å². The zero-order valence-corrected chi connectivity index (χ0v) is 22.2. The van der Waals surface area contributed by atoms with Gasteiger partial charge in [-0.05, 0) is 55.4 Å². The Balaban J connectivity index is 1.64. The van der Waals surface area contributed by atoms with Crippen molar-refractivity contribution in [2.24, 2.45) is 13.0 Å². The molecule has 38 heavy (non-hydrogen) atoms. The second-order valence-electron chi connectivity index (χ2n) is 10.1. The molecule has 0 radical (unpaired) electrons. The van der Waals surface area contributed by atoms with Crippen LogP contribution in [0.4, 0.5) is 0 Å². The van der Waals surface area contributed by atoms with Crippen LogP contribution in [0.3, 0.4) is 0 Å². The third-order valence-corrected chi connectivity index (χ3v) is 7.12. The Labute approximate surface area is 222 Å². The number of amides is 4. The summed E-state index contributed by atoms with van der Waals surface area (Å²) in [7, 11) is 1.71. The van der Waals surface area contributed by atoms with Crippen molar-refractivity contribution >= 4 is 23.6 Å². The third-order valence-electron chi connectivity index (χ3n) is 7.12. The van der Waals surface area contributed by atoms with Gasteiger partial charge in [-0.25, -0.2) is 0 Å². The maximum Gasteiger partial charge on any atom is 0.247 e. The third kappa shape index (κ3) is 6.90. The summed E-state index contributed by atoms with van der Waals surface area (Å²) in [6, 6.07) is 3.60. The van der Waals surface area contributed by atoms with E-state index in [9.17, 15) is 19.2 Å². The molecule has 3 atom stereocenters. The van der Waals surface area contributed by atoms with Gasteiger partial charge >= 0.3 is 0 Å². The minimum absolute atomic E-state index is 0.195. The van der Waals surface area contributed by atoms with E-state index in [-0.39, 0.29) is 18.9 Å². The van der Waals surface area contributed by atoms with Crippen molar-refractivity contribution in [1.82, 2.24) is 30.6 Å². The topological polar surface area (TPSA) is 135 Å². The highest BCUT2D eigenvalue weighted by atomic mass is 16.5. The minimum atomic E-state index is -1.12. The molecule has 4 amide bonds. The largest absolute Gasteiger partial charge is 0.494 e. The summed E-state index contributed by atoms with van der Waals surface area (Å²) in [5, 5.41) is 12.4. The summed E-state index contributed by atoms with van der Waals surface area (Å²) in [6.07, 6.45) is 5.61. The molecule has 1 saturated heterocycles. The molecule has 0 saturated carbocycles. The van der Waals surface area contributed by atoms with Gasteiger partial charge in [-0.1, -0.05) is 6.07 Å². The minimum Gasteiger partial charge on any atom is -0.494 e. The van der Waals surface area contributed by atoms with E-state index in [1.165, 1.54) is 17.8 Å². The number of fused-ring (bicyclic) bond motifs is 4. The van der Waals surface area contributed by atoms with Crippen LogP contribution < -0.4 is 20.7 Å². The number of piperidine rings is 1. The Morgan fingerprint density at radius 1 is 1.18 bits per heavy atom. The molecule has 2 aliphatic heterocycles. The molecule has 4 bridgehead atoms. The molecule has 1 aromatic carbocycles. The molecule has 2 unspecified atom stereocenters. The molecule has 2 aromatic rings. The standard InChI is InChI=1S/C27H36N6O5/c1-17-6-7-22-11-20(17)13-28-27(37)25(21-14-29-32(3)16-21)31-26(36)23(30-18(2)34)12-24(35)33-9-4-5-19(15-33)8-10-38-22/h6-7,11,14,16,19,23,25H,4-5,8-10,12-13,15H2,1-3H3,(H,28,37)(H,30,34)(H,31,36)/t19?,23-,25?/m0/s1. The first-order valence-electron chi connectivity index (χ1n) is 13.0. The van der Waals surface area contributed by atoms with Crippen molar-refractivity contribution < 1.29 is 23.9 Å². The molecule has 3 N–H and O–H groups in total. The predicted octanol–water partition coefficient (Wildman–Crippen LogP) is 1.12. The summed E-state index contributed by atoms with van der Waals surface area (Å²) in [6.45, 7) is 5.19. The maximum atomic E-state index is 13.4. The Morgan fingerprint density at radius 2 is 2.00 bits per heavy atom. The van der Waals surface area contributed by atoms with Crippen LogP contribution in [-0.4, -0.2) is 64.0 Å². The van der Waals surface area contributed by atoms with E-state index < -0.39 is 29.8 Å². The predicted molar refractivity (Wildman–Crippen MR) is 139 cm³/mol. The number of ether oxygens (including phenoxy) is 1. The highest BCUT2D eigenvalue weighted by Gasteiger charge is 2.32. The summed E-state index contributed by atoms with van der Waals surface area (Å²) in [4.78, 5) is 53.6. The number of aromatic nitrogens is 2. The van der Waals surface area contributed by atoms with Gasteiger partial charge in [0.25, 0.3) is 0 Å². The Morgan fingerprint density at radius 3 is 2.74 bits per heavy atom. The first kappa shape index (κ1) is 27.2. The maximum absolute atomic E-state index is 13.4. The van der Waals surface area contributed by atoms with Gasteiger partial charge < -0.3 is 25.6 Å². The summed E-state index contributed by atoms with van der Waals surface area (Å²) in [5.74, 6) is -0.690. The van der Waals surface area contributed by atoms with Crippen LogP contribution in [0.1, 0.15) is 55.3 Å². The number of nitrogens with zero attached hydrogens (tertiary/aromatic N) is 3. The van der Waals surface area contributed by atoms with Crippen LogP contribution in [0.25, 0.3) is 0 Å². The van der Waals surface area contributed by atoms with Crippen molar-refractivity contribution in [2.75, 3.05) is 19.7 Å². The fourth-order valence-electron chi connectivity index (χ4n) is 4.97. The molecule has 3 heterocycles. The number of hydrogen-bond acceptors (Lipinski definition) is 6. The van der Waals surface area contributed by atoms with Gasteiger partial charge in [0.2, 0.25) is 23.6 Å². The van der Waals surface area contributed by atoms with E-state index >= 15 is 0 Å². The molecular weight excluding hydrogens is 488 g/mol. The summed E-state index contributed by atoms with van der Waals surface area (Å²) < 4.78 is 7.56. The summed E-state index contributed by atoms with van der Waals surface area (Å²) in [5.41, 5.74) is 2.38. The average molecular weight is 525 g/mol. The number of rotatable bonds is 2. The van der Waals surface area contributed by atoms with Crippen LogP contribution in [-0.2, 0) is 32.8 Å². The van der Waals surface area contributed by atoms with Gasteiger partial charge in [0.15, 0.2) is 0 Å². The fourth-order valence-corrected chi connectivity index (χ4v) is 4.97. The number of carbonyl (C=O) groups excluding carboxylic acids is 4. The lowest BCUT2D eigenvalue weighted by atomic mass is 9.94. The second kappa shape index (κ2) is 12.1. The lowest BCUT2D eigenvalue weighted by molar-refractivity contribution is -0.138. The SMILES string of the molecule is CC(=O)N[C@H]1CC(=O)N2CCCC(CCOc3ccc(C)c(c3)CNC(=O)C(c3cnn(C)c3)NC1=O)C2. The van der Waals surface area contributed by atoms with Gasteiger partial charge in [0.05, 0.1) is 19.2 Å². The molecule has 1 fully saturated rings. The number of aryl methyl sites for hydroxylation is 2. The number of hydrogen-bond donors (Lipinski definition) is 3. The number of carbonyl (C=O) groups is 4. The van der Waals surface area contributed by atoms with E-state index in [1.807, 2.05) is 25.1 Å². The first-order chi connectivity index (χ1) is 18.2. The highest BCUT2D eigenvalue weighted by Crippen LogP contribution is 2.23. The van der Waals surface area contributed by atoms with Crippen molar-refractivity contribution in [3.8, 4) is 5.75 Å². The van der Waals surface area contributed by atoms with Crippen LogP contribution in [0.15, 0.2) is 30.6 Å².